The average molecular weight is 163 g/mol. The van der Waals surface area contributed by atoms with Crippen LogP contribution in [0.15, 0.2) is 0 Å². The lowest BCUT2D eigenvalue weighted by Crippen LogP contribution is -2.28. The first-order chi connectivity index (χ1) is 4.90. The standard InChI is InChI=1S/C8H13F2O/c1-4-6(2)5-8(9,10)7(3)11/h6H,3-5H2,1-2H3. The minimum atomic E-state index is -3.23. The van der Waals surface area contributed by atoms with E-state index in [9.17, 15) is 13.6 Å². The first kappa shape index (κ1) is 10.5. The number of alkyl halides is 2. The number of hydrogen-bond donors (Lipinski definition) is 0. The van der Waals surface area contributed by atoms with Crippen LogP contribution >= 0.6 is 0 Å². The number of hydrogen-bond acceptors (Lipinski definition) is 1. The zero-order valence-electron chi connectivity index (χ0n) is 6.86. The van der Waals surface area contributed by atoms with Gasteiger partial charge < -0.3 is 0 Å². The van der Waals surface area contributed by atoms with E-state index in [1.165, 1.54) is 0 Å². The quantitative estimate of drug-likeness (QED) is 0.622. The molecule has 0 aliphatic carbocycles. The summed E-state index contributed by atoms with van der Waals surface area (Å²) in [6.07, 6.45) is 0.273. The second kappa shape index (κ2) is 3.79. The predicted octanol–water partition coefficient (Wildman–Crippen LogP) is 2.46. The maximum atomic E-state index is 12.6. The molecule has 1 atom stereocenters. The van der Waals surface area contributed by atoms with Crippen LogP contribution in [0.3, 0.4) is 0 Å². The maximum absolute atomic E-state index is 12.6. The Morgan fingerprint density at radius 1 is 1.64 bits per heavy atom. The van der Waals surface area contributed by atoms with Crippen molar-refractivity contribution >= 4 is 5.78 Å². The minimum Gasteiger partial charge on any atom is -0.293 e. The van der Waals surface area contributed by atoms with Gasteiger partial charge in [0.05, 0.1) is 0 Å². The Balaban J connectivity index is 4.01. The molecule has 11 heavy (non-hydrogen) atoms. The Bertz CT molecular complexity index is 143. The van der Waals surface area contributed by atoms with E-state index in [1.807, 2.05) is 6.92 Å². The molecule has 0 amide bonds. The Kier molecular flexibility index (Phi) is 3.63. The second-order valence-electron chi connectivity index (χ2n) is 2.85. The van der Waals surface area contributed by atoms with E-state index in [0.717, 1.165) is 0 Å². The molecule has 0 heterocycles. The van der Waals surface area contributed by atoms with Crippen LogP contribution in [0.2, 0.25) is 0 Å². The molecule has 0 spiro atoms. The summed E-state index contributed by atoms with van der Waals surface area (Å²) in [6.45, 7) is 6.21. The molecule has 0 N–H and O–H groups in total. The third-order valence-electron chi connectivity index (χ3n) is 1.71. The summed E-state index contributed by atoms with van der Waals surface area (Å²) in [5, 5.41) is 0. The van der Waals surface area contributed by atoms with E-state index >= 15 is 0 Å². The molecule has 0 bridgehead atoms. The first-order valence-corrected chi connectivity index (χ1v) is 3.64. The summed E-state index contributed by atoms with van der Waals surface area (Å²) in [5.41, 5.74) is 0. The largest absolute Gasteiger partial charge is 0.305 e. The topological polar surface area (TPSA) is 17.1 Å². The van der Waals surface area contributed by atoms with Gasteiger partial charge in [0.25, 0.3) is 0 Å². The van der Waals surface area contributed by atoms with Crippen LogP contribution in [0.1, 0.15) is 26.7 Å². The fourth-order valence-corrected chi connectivity index (χ4v) is 0.696. The van der Waals surface area contributed by atoms with Crippen molar-refractivity contribution < 1.29 is 13.6 Å². The lowest BCUT2D eigenvalue weighted by atomic mass is 9.98. The van der Waals surface area contributed by atoms with Gasteiger partial charge in [0.15, 0.2) is 0 Å². The zero-order valence-corrected chi connectivity index (χ0v) is 6.86. The summed E-state index contributed by atoms with van der Waals surface area (Å²) < 4.78 is 25.1. The highest BCUT2D eigenvalue weighted by molar-refractivity contribution is 5.89. The van der Waals surface area contributed by atoms with Crippen molar-refractivity contribution in [3.63, 3.8) is 0 Å². The Hall–Kier alpha value is -0.470. The molecule has 0 saturated carbocycles. The number of ketones is 1. The molecule has 1 radical (unpaired) electrons. The van der Waals surface area contributed by atoms with Crippen molar-refractivity contribution in [1.82, 2.24) is 0 Å². The molecule has 1 nitrogen and oxygen atoms in total. The Labute approximate surface area is 65.8 Å². The molecular formula is C8H13F2O. The molecule has 0 aliphatic rings. The normalized spacial score (nSPS) is 14.6. The highest BCUT2D eigenvalue weighted by atomic mass is 19.3. The predicted molar refractivity (Wildman–Crippen MR) is 39.4 cm³/mol. The van der Waals surface area contributed by atoms with E-state index in [0.29, 0.717) is 6.42 Å². The number of halogens is 2. The highest BCUT2D eigenvalue weighted by Gasteiger charge is 2.35. The van der Waals surface area contributed by atoms with Gasteiger partial charge >= 0.3 is 5.92 Å². The SMILES string of the molecule is [CH2]C(=O)C(F)(F)CC(C)CC. The van der Waals surface area contributed by atoms with Crippen molar-refractivity contribution in [1.29, 1.82) is 0 Å². The van der Waals surface area contributed by atoms with E-state index in [-0.39, 0.29) is 12.3 Å². The van der Waals surface area contributed by atoms with Gasteiger partial charge in [-0.05, 0) is 5.92 Å². The number of carbonyl (C=O) groups excluding carboxylic acids is 1. The van der Waals surface area contributed by atoms with Gasteiger partial charge in [-0.15, -0.1) is 0 Å². The van der Waals surface area contributed by atoms with Gasteiger partial charge in [-0.25, -0.2) is 0 Å². The Morgan fingerprint density at radius 2 is 2.09 bits per heavy atom. The van der Waals surface area contributed by atoms with Crippen LogP contribution in [0.25, 0.3) is 0 Å². The summed E-state index contributed by atoms with van der Waals surface area (Å²) in [5.74, 6) is -4.64. The lowest BCUT2D eigenvalue weighted by Gasteiger charge is -2.16. The van der Waals surface area contributed by atoms with Gasteiger partial charge in [0.1, 0.15) is 0 Å². The van der Waals surface area contributed by atoms with Gasteiger partial charge in [-0.1, -0.05) is 20.3 Å². The van der Waals surface area contributed by atoms with Crippen LogP contribution in [0.4, 0.5) is 8.78 Å². The molecule has 3 heteroatoms. The molecule has 65 valence electrons. The average Bonchev–Trinajstić information content (AvgIpc) is 1.86. The lowest BCUT2D eigenvalue weighted by molar-refractivity contribution is -0.140. The van der Waals surface area contributed by atoms with Crippen LogP contribution in [-0.2, 0) is 4.79 Å². The minimum absolute atomic E-state index is 0.129. The van der Waals surface area contributed by atoms with E-state index < -0.39 is 11.7 Å². The summed E-state index contributed by atoms with van der Waals surface area (Å²) >= 11 is 0. The fourth-order valence-electron chi connectivity index (χ4n) is 0.696. The number of carbonyl (C=O) groups is 1. The van der Waals surface area contributed by atoms with Gasteiger partial charge in [0, 0.05) is 13.3 Å². The molecule has 0 aromatic heterocycles. The molecule has 0 aliphatic heterocycles. The molecular weight excluding hydrogens is 150 g/mol. The monoisotopic (exact) mass is 163 g/mol. The summed E-state index contributed by atoms with van der Waals surface area (Å²) in [6, 6.07) is 0. The van der Waals surface area contributed by atoms with Gasteiger partial charge in [0.2, 0.25) is 5.78 Å². The molecule has 0 aromatic rings. The van der Waals surface area contributed by atoms with Crippen molar-refractivity contribution in [3.05, 3.63) is 6.92 Å². The first-order valence-electron chi connectivity index (χ1n) is 3.64. The smallest absolute Gasteiger partial charge is 0.293 e. The second-order valence-corrected chi connectivity index (χ2v) is 2.85. The molecule has 0 aromatic carbocycles. The van der Waals surface area contributed by atoms with E-state index in [4.69, 9.17) is 0 Å². The number of Topliss-reactive ketones (excluding diaryl/α,β-unsaturated/α-hetero) is 1. The van der Waals surface area contributed by atoms with Crippen LogP contribution in [-0.4, -0.2) is 11.7 Å². The zero-order chi connectivity index (χ0) is 9.07. The van der Waals surface area contributed by atoms with Gasteiger partial charge in [-0.3, -0.25) is 4.79 Å². The maximum Gasteiger partial charge on any atom is 0.305 e. The molecule has 1 unspecified atom stereocenters. The molecule has 0 saturated heterocycles. The Morgan fingerprint density at radius 3 is 2.36 bits per heavy atom. The third-order valence-corrected chi connectivity index (χ3v) is 1.71. The van der Waals surface area contributed by atoms with Crippen molar-refractivity contribution in [2.75, 3.05) is 0 Å². The third kappa shape index (κ3) is 3.44. The van der Waals surface area contributed by atoms with Crippen LogP contribution in [0.5, 0.6) is 0 Å². The van der Waals surface area contributed by atoms with E-state index in [1.54, 1.807) is 6.92 Å². The number of rotatable bonds is 4. The molecule has 0 rings (SSSR count). The molecule has 0 fully saturated rings. The van der Waals surface area contributed by atoms with E-state index in [2.05, 4.69) is 6.92 Å². The van der Waals surface area contributed by atoms with Crippen molar-refractivity contribution in [2.45, 2.75) is 32.6 Å². The highest BCUT2D eigenvalue weighted by Crippen LogP contribution is 2.25. The summed E-state index contributed by atoms with van der Waals surface area (Å²) in [7, 11) is 0. The van der Waals surface area contributed by atoms with Crippen molar-refractivity contribution in [3.8, 4) is 0 Å². The van der Waals surface area contributed by atoms with Crippen molar-refractivity contribution in [2.24, 2.45) is 5.92 Å². The van der Waals surface area contributed by atoms with Gasteiger partial charge in [-0.2, -0.15) is 8.78 Å². The summed E-state index contributed by atoms with van der Waals surface area (Å²) in [4.78, 5) is 10.3. The van der Waals surface area contributed by atoms with Crippen LogP contribution in [0, 0.1) is 12.8 Å². The fraction of sp³-hybridized carbons (Fsp3) is 0.750. The van der Waals surface area contributed by atoms with Crippen LogP contribution < -0.4 is 0 Å².